The Labute approximate surface area is 107 Å². The number of hydrogen-bond acceptors (Lipinski definition) is 3. The Balaban J connectivity index is 1.92. The van der Waals surface area contributed by atoms with E-state index < -0.39 is 11.7 Å². The normalized spacial score (nSPS) is 14.1. The van der Waals surface area contributed by atoms with Gasteiger partial charge in [0.1, 0.15) is 5.60 Å². The molecule has 2 rings (SSSR count). The lowest BCUT2D eigenvalue weighted by Gasteiger charge is -2.18. The summed E-state index contributed by atoms with van der Waals surface area (Å²) in [4.78, 5) is 11.4. The first-order chi connectivity index (χ1) is 8.44. The lowest BCUT2D eigenvalue weighted by atomic mass is 10.1. The molecule has 4 heteroatoms. The number of hydrazone groups is 1. The van der Waals surface area contributed by atoms with E-state index in [1.165, 1.54) is 11.1 Å². The molecule has 0 radical (unpaired) electrons. The van der Waals surface area contributed by atoms with Gasteiger partial charge in [0.2, 0.25) is 0 Å². The standard InChI is InChI=1S/C14H18N2O2/c1-14(2,3)18-13(17)16-15-12-8-10-6-4-5-7-11(10)9-12/h4-7H,8-9H2,1-3H3,(H,16,17). The van der Waals surface area contributed by atoms with E-state index in [1.54, 1.807) is 0 Å². The maximum absolute atomic E-state index is 11.4. The predicted molar refractivity (Wildman–Crippen MR) is 70.7 cm³/mol. The zero-order chi connectivity index (χ0) is 13.2. The highest BCUT2D eigenvalue weighted by Gasteiger charge is 2.18. The molecule has 96 valence electrons. The van der Waals surface area contributed by atoms with Crippen molar-refractivity contribution in [3.8, 4) is 0 Å². The van der Waals surface area contributed by atoms with Crippen LogP contribution >= 0.6 is 0 Å². The summed E-state index contributed by atoms with van der Waals surface area (Å²) in [7, 11) is 0. The van der Waals surface area contributed by atoms with Gasteiger partial charge in [-0.25, -0.2) is 10.2 Å². The SMILES string of the molecule is CC(C)(C)OC(=O)NN=C1Cc2ccccc2C1. The number of carbonyl (C=O) groups excluding carboxylic acids is 1. The molecule has 0 fully saturated rings. The van der Waals surface area contributed by atoms with Crippen molar-refractivity contribution >= 4 is 11.8 Å². The average Bonchev–Trinajstić information content (AvgIpc) is 2.66. The number of nitrogens with zero attached hydrogens (tertiary/aromatic N) is 1. The molecule has 18 heavy (non-hydrogen) atoms. The van der Waals surface area contributed by atoms with E-state index in [0.29, 0.717) is 0 Å². The highest BCUT2D eigenvalue weighted by atomic mass is 16.6. The third-order valence-electron chi connectivity index (χ3n) is 2.61. The van der Waals surface area contributed by atoms with Crippen LogP contribution in [-0.4, -0.2) is 17.4 Å². The molecular weight excluding hydrogens is 228 g/mol. The van der Waals surface area contributed by atoms with E-state index in [-0.39, 0.29) is 0 Å². The van der Waals surface area contributed by atoms with Crippen molar-refractivity contribution < 1.29 is 9.53 Å². The molecule has 0 spiro atoms. The molecule has 1 amide bonds. The van der Waals surface area contributed by atoms with Crippen LogP contribution in [0.3, 0.4) is 0 Å². The van der Waals surface area contributed by atoms with Crippen molar-refractivity contribution in [2.45, 2.75) is 39.2 Å². The second-order valence-corrected chi connectivity index (χ2v) is 5.41. The van der Waals surface area contributed by atoms with Gasteiger partial charge in [0.05, 0.1) is 0 Å². The molecule has 4 nitrogen and oxygen atoms in total. The number of rotatable bonds is 1. The van der Waals surface area contributed by atoms with Gasteiger partial charge in [-0.05, 0) is 31.9 Å². The van der Waals surface area contributed by atoms with E-state index >= 15 is 0 Å². The van der Waals surface area contributed by atoms with E-state index in [9.17, 15) is 4.79 Å². The minimum atomic E-state index is -0.508. The molecule has 0 unspecified atom stereocenters. The first kappa shape index (κ1) is 12.6. The number of carbonyl (C=O) groups is 1. The Hall–Kier alpha value is -1.84. The number of fused-ring (bicyclic) bond motifs is 1. The number of amides is 1. The van der Waals surface area contributed by atoms with Crippen molar-refractivity contribution in [2.75, 3.05) is 0 Å². The Morgan fingerprint density at radius 2 is 1.78 bits per heavy atom. The monoisotopic (exact) mass is 246 g/mol. The van der Waals surface area contributed by atoms with Crippen LogP contribution in [0.15, 0.2) is 29.4 Å². The van der Waals surface area contributed by atoms with Gasteiger partial charge in [0.15, 0.2) is 0 Å². The van der Waals surface area contributed by atoms with E-state index in [4.69, 9.17) is 4.74 Å². The zero-order valence-electron chi connectivity index (χ0n) is 11.0. The van der Waals surface area contributed by atoms with Crippen molar-refractivity contribution in [2.24, 2.45) is 5.10 Å². The van der Waals surface area contributed by atoms with E-state index in [1.807, 2.05) is 32.9 Å². The summed E-state index contributed by atoms with van der Waals surface area (Å²) in [6.45, 7) is 5.47. The topological polar surface area (TPSA) is 50.7 Å². The molecule has 1 aromatic rings. The van der Waals surface area contributed by atoms with Crippen LogP contribution in [0, 0.1) is 0 Å². The first-order valence-electron chi connectivity index (χ1n) is 6.05. The van der Waals surface area contributed by atoms with Gasteiger partial charge in [-0.3, -0.25) is 0 Å². The molecule has 1 aliphatic carbocycles. The van der Waals surface area contributed by atoms with Gasteiger partial charge in [-0.1, -0.05) is 24.3 Å². The fourth-order valence-corrected chi connectivity index (χ4v) is 1.91. The minimum absolute atomic E-state index is 0.497. The van der Waals surface area contributed by atoms with Crippen LogP contribution < -0.4 is 5.43 Å². The Morgan fingerprint density at radius 3 is 2.28 bits per heavy atom. The third-order valence-corrected chi connectivity index (χ3v) is 2.61. The van der Waals surface area contributed by atoms with Gasteiger partial charge in [-0.15, -0.1) is 0 Å². The Morgan fingerprint density at radius 1 is 1.22 bits per heavy atom. The van der Waals surface area contributed by atoms with Gasteiger partial charge in [0, 0.05) is 18.6 Å². The lowest BCUT2D eigenvalue weighted by Crippen LogP contribution is -2.30. The molecular formula is C14H18N2O2. The summed E-state index contributed by atoms with van der Waals surface area (Å²) in [5.41, 5.74) is 5.47. The van der Waals surface area contributed by atoms with E-state index in [2.05, 4.69) is 22.7 Å². The molecule has 0 heterocycles. The molecule has 1 aliphatic rings. The summed E-state index contributed by atoms with van der Waals surface area (Å²) < 4.78 is 5.12. The summed E-state index contributed by atoms with van der Waals surface area (Å²) >= 11 is 0. The van der Waals surface area contributed by atoms with Gasteiger partial charge < -0.3 is 4.74 Å². The molecule has 0 atom stereocenters. The quantitative estimate of drug-likeness (QED) is 0.774. The number of benzene rings is 1. The summed E-state index contributed by atoms with van der Waals surface area (Å²) in [6, 6.07) is 8.21. The molecule has 0 aliphatic heterocycles. The van der Waals surface area contributed by atoms with Crippen molar-refractivity contribution in [1.82, 2.24) is 5.43 Å². The fourth-order valence-electron chi connectivity index (χ4n) is 1.91. The number of ether oxygens (including phenoxy) is 1. The van der Waals surface area contributed by atoms with Crippen LogP contribution in [0.1, 0.15) is 31.9 Å². The number of nitrogens with one attached hydrogen (secondary N) is 1. The third kappa shape index (κ3) is 3.32. The average molecular weight is 246 g/mol. The number of hydrogen-bond donors (Lipinski definition) is 1. The molecule has 0 bridgehead atoms. The predicted octanol–water partition coefficient (Wildman–Crippen LogP) is 2.67. The highest BCUT2D eigenvalue weighted by molar-refractivity contribution is 5.93. The van der Waals surface area contributed by atoms with Crippen LogP contribution in [-0.2, 0) is 17.6 Å². The van der Waals surface area contributed by atoms with Crippen LogP contribution in [0.25, 0.3) is 0 Å². The second kappa shape index (κ2) is 4.80. The molecule has 0 saturated heterocycles. The van der Waals surface area contributed by atoms with Crippen molar-refractivity contribution in [3.63, 3.8) is 0 Å². The van der Waals surface area contributed by atoms with Crippen molar-refractivity contribution in [1.29, 1.82) is 0 Å². The first-order valence-corrected chi connectivity index (χ1v) is 6.05. The second-order valence-electron chi connectivity index (χ2n) is 5.41. The lowest BCUT2D eigenvalue weighted by molar-refractivity contribution is 0.0529. The van der Waals surface area contributed by atoms with Crippen LogP contribution in [0.2, 0.25) is 0 Å². The maximum atomic E-state index is 11.4. The van der Waals surface area contributed by atoms with Gasteiger partial charge in [-0.2, -0.15) is 5.10 Å². The highest BCUT2D eigenvalue weighted by Crippen LogP contribution is 2.19. The minimum Gasteiger partial charge on any atom is -0.443 e. The largest absolute Gasteiger partial charge is 0.443 e. The molecule has 1 N–H and O–H groups in total. The Bertz CT molecular complexity index is 460. The van der Waals surface area contributed by atoms with Crippen LogP contribution in [0.5, 0.6) is 0 Å². The van der Waals surface area contributed by atoms with Gasteiger partial charge >= 0.3 is 6.09 Å². The fraction of sp³-hybridized carbons (Fsp3) is 0.429. The van der Waals surface area contributed by atoms with Gasteiger partial charge in [0.25, 0.3) is 0 Å². The Kier molecular flexibility index (Phi) is 3.36. The molecule has 1 aromatic carbocycles. The van der Waals surface area contributed by atoms with Crippen LogP contribution in [0.4, 0.5) is 4.79 Å². The smallest absolute Gasteiger partial charge is 0.428 e. The maximum Gasteiger partial charge on any atom is 0.428 e. The molecule has 0 aromatic heterocycles. The summed E-state index contributed by atoms with van der Waals surface area (Å²) in [6.07, 6.45) is 1.09. The van der Waals surface area contributed by atoms with Crippen molar-refractivity contribution in [3.05, 3.63) is 35.4 Å². The molecule has 0 saturated carbocycles. The zero-order valence-corrected chi connectivity index (χ0v) is 11.0. The summed E-state index contributed by atoms with van der Waals surface area (Å²) in [5.74, 6) is 0. The summed E-state index contributed by atoms with van der Waals surface area (Å²) in [5, 5.41) is 4.11. The van der Waals surface area contributed by atoms with E-state index in [0.717, 1.165) is 18.6 Å².